The second kappa shape index (κ2) is 9.14. The molecule has 1 aromatic rings. The Bertz CT molecular complexity index is 314. The molecule has 1 unspecified atom stereocenters. The van der Waals surface area contributed by atoms with E-state index in [-0.39, 0.29) is 0 Å². The molecule has 1 N–H and O–H groups in total. The molecule has 1 atom stereocenters. The Morgan fingerprint density at radius 1 is 0.895 bits per heavy atom. The first-order valence-electron chi connectivity index (χ1n) is 7.91. The molecule has 1 rings (SSSR count). The van der Waals surface area contributed by atoms with Gasteiger partial charge in [-0.05, 0) is 42.8 Å². The van der Waals surface area contributed by atoms with Crippen molar-refractivity contribution >= 4 is 0 Å². The van der Waals surface area contributed by atoms with E-state index in [4.69, 9.17) is 0 Å². The van der Waals surface area contributed by atoms with Crippen LogP contribution in [0.5, 0.6) is 0 Å². The molecule has 0 radical (unpaired) electrons. The maximum Gasteiger partial charge on any atom is -0.00146 e. The first-order valence-corrected chi connectivity index (χ1v) is 7.91. The minimum absolute atomic E-state index is 0.735. The van der Waals surface area contributed by atoms with Gasteiger partial charge in [-0.3, -0.25) is 0 Å². The second-order valence-corrected chi connectivity index (χ2v) is 6.08. The molecule has 1 heteroatoms. The Balaban J connectivity index is 2.58. The smallest absolute Gasteiger partial charge is 0.00146 e. The molecule has 0 saturated carbocycles. The third-order valence-corrected chi connectivity index (χ3v) is 4.02. The predicted octanol–water partition coefficient (Wildman–Crippen LogP) is 4.53. The summed E-state index contributed by atoms with van der Waals surface area (Å²) in [6, 6.07) is 10.9. The molecule has 0 aliphatic heterocycles. The van der Waals surface area contributed by atoms with Crippen LogP contribution in [0.15, 0.2) is 30.3 Å². The maximum absolute atomic E-state index is 3.65. The highest BCUT2D eigenvalue weighted by atomic mass is 14.9. The van der Waals surface area contributed by atoms with Crippen LogP contribution >= 0.6 is 0 Å². The van der Waals surface area contributed by atoms with Gasteiger partial charge in [-0.1, -0.05) is 70.9 Å². The fourth-order valence-electron chi connectivity index (χ4n) is 2.84. The molecule has 0 aliphatic rings. The lowest BCUT2D eigenvalue weighted by atomic mass is 9.83. The van der Waals surface area contributed by atoms with Crippen molar-refractivity contribution in [3.8, 4) is 0 Å². The minimum Gasteiger partial charge on any atom is -0.316 e. The van der Waals surface area contributed by atoms with E-state index in [0.29, 0.717) is 0 Å². The summed E-state index contributed by atoms with van der Waals surface area (Å²) in [5.74, 6) is 2.33. The largest absolute Gasteiger partial charge is 0.316 e. The monoisotopic (exact) mass is 261 g/mol. The fourth-order valence-corrected chi connectivity index (χ4v) is 2.84. The van der Waals surface area contributed by atoms with Gasteiger partial charge in [0, 0.05) is 0 Å². The van der Waals surface area contributed by atoms with Gasteiger partial charge in [0.15, 0.2) is 0 Å². The van der Waals surface area contributed by atoms with Crippen LogP contribution in [0, 0.1) is 17.8 Å². The average Bonchev–Trinajstić information content (AvgIpc) is 2.40. The normalized spacial score (nSPS) is 13.2. The van der Waals surface area contributed by atoms with E-state index >= 15 is 0 Å². The molecule has 0 fully saturated rings. The van der Waals surface area contributed by atoms with Crippen molar-refractivity contribution in [2.45, 2.75) is 47.0 Å². The van der Waals surface area contributed by atoms with E-state index in [1.54, 1.807) is 0 Å². The van der Waals surface area contributed by atoms with Gasteiger partial charge < -0.3 is 5.32 Å². The van der Waals surface area contributed by atoms with Crippen LogP contribution in [0.25, 0.3) is 0 Å². The lowest BCUT2D eigenvalue weighted by Crippen LogP contribution is -2.31. The van der Waals surface area contributed by atoms with Crippen LogP contribution < -0.4 is 5.32 Å². The van der Waals surface area contributed by atoms with Crippen molar-refractivity contribution < 1.29 is 0 Å². The molecular weight excluding hydrogens is 230 g/mol. The number of hydrogen-bond acceptors (Lipinski definition) is 1. The topological polar surface area (TPSA) is 12.0 Å². The van der Waals surface area contributed by atoms with Crippen molar-refractivity contribution in [3.63, 3.8) is 0 Å². The highest BCUT2D eigenvalue weighted by molar-refractivity contribution is 5.15. The zero-order valence-corrected chi connectivity index (χ0v) is 13.2. The van der Waals surface area contributed by atoms with Crippen LogP contribution in [0.2, 0.25) is 0 Å². The minimum atomic E-state index is 0.735. The molecular formula is C18H31N. The molecule has 1 nitrogen and oxygen atoms in total. The zero-order chi connectivity index (χ0) is 14.1. The van der Waals surface area contributed by atoms with E-state index in [1.807, 2.05) is 0 Å². The SMILES string of the molecule is CCC(CC)C(CNCC(C)C)Cc1ccccc1. The highest BCUT2D eigenvalue weighted by Crippen LogP contribution is 2.23. The maximum atomic E-state index is 3.65. The van der Waals surface area contributed by atoms with E-state index in [0.717, 1.165) is 30.8 Å². The van der Waals surface area contributed by atoms with E-state index in [1.165, 1.54) is 24.8 Å². The van der Waals surface area contributed by atoms with Crippen molar-refractivity contribution in [2.24, 2.45) is 17.8 Å². The molecule has 0 heterocycles. The Kier molecular flexibility index (Phi) is 7.81. The van der Waals surface area contributed by atoms with Crippen molar-refractivity contribution in [1.82, 2.24) is 5.32 Å². The van der Waals surface area contributed by atoms with Gasteiger partial charge >= 0.3 is 0 Å². The Labute approximate surface area is 119 Å². The third-order valence-electron chi connectivity index (χ3n) is 4.02. The van der Waals surface area contributed by atoms with Gasteiger partial charge in [0.2, 0.25) is 0 Å². The van der Waals surface area contributed by atoms with Gasteiger partial charge in [-0.25, -0.2) is 0 Å². The summed E-state index contributed by atoms with van der Waals surface area (Å²) >= 11 is 0. The quantitative estimate of drug-likeness (QED) is 0.689. The van der Waals surface area contributed by atoms with Gasteiger partial charge in [0.05, 0.1) is 0 Å². The molecule has 0 aliphatic carbocycles. The van der Waals surface area contributed by atoms with Crippen LogP contribution in [-0.4, -0.2) is 13.1 Å². The van der Waals surface area contributed by atoms with E-state index in [9.17, 15) is 0 Å². The van der Waals surface area contributed by atoms with Crippen LogP contribution in [0.4, 0.5) is 0 Å². The van der Waals surface area contributed by atoms with Gasteiger partial charge in [0.25, 0.3) is 0 Å². The molecule has 0 amide bonds. The average molecular weight is 261 g/mol. The molecule has 0 spiro atoms. The number of benzene rings is 1. The Hall–Kier alpha value is -0.820. The molecule has 1 aromatic carbocycles. The summed E-state index contributed by atoms with van der Waals surface area (Å²) in [6.45, 7) is 11.5. The Morgan fingerprint density at radius 2 is 1.53 bits per heavy atom. The van der Waals surface area contributed by atoms with E-state index < -0.39 is 0 Å². The molecule has 0 saturated heterocycles. The van der Waals surface area contributed by atoms with Gasteiger partial charge in [0.1, 0.15) is 0 Å². The summed E-state index contributed by atoms with van der Waals surface area (Å²) < 4.78 is 0. The molecule has 0 bridgehead atoms. The van der Waals surface area contributed by atoms with Crippen LogP contribution in [0.3, 0.4) is 0 Å². The second-order valence-electron chi connectivity index (χ2n) is 6.08. The predicted molar refractivity (Wildman–Crippen MR) is 85.4 cm³/mol. The van der Waals surface area contributed by atoms with Crippen LogP contribution in [0.1, 0.15) is 46.1 Å². The number of nitrogens with one attached hydrogen (secondary N) is 1. The number of hydrogen-bond donors (Lipinski definition) is 1. The fraction of sp³-hybridized carbons (Fsp3) is 0.667. The molecule has 108 valence electrons. The van der Waals surface area contributed by atoms with Crippen LogP contribution in [-0.2, 0) is 6.42 Å². The van der Waals surface area contributed by atoms with Crippen molar-refractivity contribution in [2.75, 3.05) is 13.1 Å². The van der Waals surface area contributed by atoms with Gasteiger partial charge in [-0.15, -0.1) is 0 Å². The Morgan fingerprint density at radius 3 is 2.05 bits per heavy atom. The lowest BCUT2D eigenvalue weighted by Gasteiger charge is -2.26. The highest BCUT2D eigenvalue weighted by Gasteiger charge is 2.18. The van der Waals surface area contributed by atoms with Crippen molar-refractivity contribution in [1.29, 1.82) is 0 Å². The van der Waals surface area contributed by atoms with Crippen molar-refractivity contribution in [3.05, 3.63) is 35.9 Å². The summed E-state index contributed by atoms with van der Waals surface area (Å²) in [5, 5.41) is 3.65. The first-order chi connectivity index (χ1) is 9.17. The summed E-state index contributed by atoms with van der Waals surface area (Å²) in [6.07, 6.45) is 3.78. The summed E-state index contributed by atoms with van der Waals surface area (Å²) in [5.41, 5.74) is 1.48. The van der Waals surface area contributed by atoms with Gasteiger partial charge in [-0.2, -0.15) is 0 Å². The summed E-state index contributed by atoms with van der Waals surface area (Å²) in [4.78, 5) is 0. The standard InChI is InChI=1S/C18H31N/c1-5-17(6-2)18(14-19-13-15(3)4)12-16-10-8-7-9-11-16/h7-11,15,17-19H,5-6,12-14H2,1-4H3. The lowest BCUT2D eigenvalue weighted by molar-refractivity contribution is 0.294. The third kappa shape index (κ3) is 6.24. The van der Waals surface area contributed by atoms with E-state index in [2.05, 4.69) is 63.3 Å². The zero-order valence-electron chi connectivity index (χ0n) is 13.2. The number of rotatable bonds is 9. The first kappa shape index (κ1) is 16.2. The molecule has 0 aromatic heterocycles. The summed E-state index contributed by atoms with van der Waals surface area (Å²) in [7, 11) is 0. The molecule has 19 heavy (non-hydrogen) atoms.